The smallest absolute Gasteiger partial charge is 0.260 e. The minimum atomic E-state index is -2.93. The van der Waals surface area contributed by atoms with Gasteiger partial charge in [-0.2, -0.15) is 0 Å². The Morgan fingerprint density at radius 3 is 2.16 bits per heavy atom. The Morgan fingerprint density at radius 1 is 1.21 bits per heavy atom. The van der Waals surface area contributed by atoms with Crippen molar-refractivity contribution >= 4 is 5.91 Å². The number of amides is 1. The predicted octanol–water partition coefficient (Wildman–Crippen LogP) is 1.80. The molecule has 1 aromatic rings. The molecule has 0 bridgehead atoms. The molecule has 0 aliphatic heterocycles. The van der Waals surface area contributed by atoms with Gasteiger partial charge in [-0.3, -0.25) is 4.79 Å². The lowest BCUT2D eigenvalue weighted by Gasteiger charge is -2.21. The monoisotopic (exact) mass is 283 g/mol. The van der Waals surface area contributed by atoms with Gasteiger partial charge >= 0.3 is 0 Å². The van der Waals surface area contributed by atoms with E-state index >= 15 is 0 Å². The maximum Gasteiger partial charge on any atom is 0.260 e. The highest BCUT2D eigenvalue weighted by Crippen LogP contribution is 2.17. The molecule has 0 radical (unpaired) electrons. The first-order valence-corrected chi connectivity index (χ1v) is 5.19. The zero-order valence-corrected chi connectivity index (χ0v) is 9.55. The van der Waals surface area contributed by atoms with Gasteiger partial charge in [0, 0.05) is 18.7 Å². The van der Waals surface area contributed by atoms with Gasteiger partial charge in [0.2, 0.25) is 0 Å². The topological polar surface area (TPSA) is 40.5 Å². The first-order valence-electron chi connectivity index (χ1n) is 5.19. The van der Waals surface area contributed by atoms with E-state index in [1.165, 1.54) is 0 Å². The summed E-state index contributed by atoms with van der Waals surface area (Å²) in [6.07, 6.45) is -2.93. The van der Waals surface area contributed by atoms with E-state index in [4.69, 9.17) is 5.11 Å². The van der Waals surface area contributed by atoms with Crippen molar-refractivity contribution in [3.63, 3.8) is 0 Å². The molecular formula is C11H10F5NO2. The predicted molar refractivity (Wildman–Crippen MR) is 55.3 cm³/mol. The first-order chi connectivity index (χ1) is 8.86. The van der Waals surface area contributed by atoms with Crippen molar-refractivity contribution in [2.24, 2.45) is 0 Å². The Kier molecular flexibility index (Phi) is 5.22. The van der Waals surface area contributed by atoms with Crippen LogP contribution < -0.4 is 0 Å². The van der Waals surface area contributed by atoms with Gasteiger partial charge in [0.25, 0.3) is 12.3 Å². The fourth-order valence-corrected chi connectivity index (χ4v) is 1.47. The molecule has 0 atom stereocenters. The van der Waals surface area contributed by atoms with Crippen molar-refractivity contribution < 1.29 is 31.9 Å². The molecule has 8 heteroatoms. The maximum absolute atomic E-state index is 13.3. The van der Waals surface area contributed by atoms with Crippen molar-refractivity contribution in [3.8, 4) is 0 Å². The van der Waals surface area contributed by atoms with E-state index in [2.05, 4.69) is 0 Å². The summed E-state index contributed by atoms with van der Waals surface area (Å²) in [6, 6.07) is 0.547. The summed E-state index contributed by atoms with van der Waals surface area (Å²) in [5, 5.41) is 8.64. The quantitative estimate of drug-likeness (QED) is 0.837. The number of rotatable bonds is 5. The molecule has 1 N–H and O–H groups in total. The average Bonchev–Trinajstić information content (AvgIpc) is 2.26. The minimum Gasteiger partial charge on any atom is -0.395 e. The van der Waals surface area contributed by atoms with E-state index in [1.807, 2.05) is 0 Å². The highest BCUT2D eigenvalue weighted by Gasteiger charge is 2.25. The molecule has 1 aromatic carbocycles. The minimum absolute atomic E-state index is 0.274. The summed E-state index contributed by atoms with van der Waals surface area (Å²) in [5.41, 5.74) is -1.13. The van der Waals surface area contributed by atoms with Gasteiger partial charge in [-0.25, -0.2) is 22.0 Å². The highest BCUT2D eigenvalue weighted by molar-refractivity contribution is 5.94. The summed E-state index contributed by atoms with van der Waals surface area (Å²) in [5.74, 6) is -5.57. The Balaban J connectivity index is 3.09. The van der Waals surface area contributed by atoms with E-state index in [0.717, 1.165) is 0 Å². The third-order valence-electron chi connectivity index (χ3n) is 2.24. The van der Waals surface area contributed by atoms with Crippen molar-refractivity contribution in [2.45, 2.75) is 6.43 Å². The summed E-state index contributed by atoms with van der Waals surface area (Å²) in [4.78, 5) is 12.1. The van der Waals surface area contributed by atoms with Gasteiger partial charge in [0.05, 0.1) is 13.2 Å². The molecule has 0 spiro atoms. The Morgan fingerprint density at radius 2 is 1.74 bits per heavy atom. The number of halogens is 5. The molecule has 0 aliphatic carbocycles. The molecule has 1 amide bonds. The number of nitrogens with zero attached hydrogens (tertiary/aromatic N) is 1. The molecular weight excluding hydrogens is 273 g/mol. The molecule has 0 unspecified atom stereocenters. The van der Waals surface area contributed by atoms with Gasteiger partial charge in [-0.1, -0.05) is 0 Å². The second-order valence-electron chi connectivity index (χ2n) is 3.61. The van der Waals surface area contributed by atoms with Crippen LogP contribution in [0.5, 0.6) is 0 Å². The van der Waals surface area contributed by atoms with Gasteiger partial charge in [-0.15, -0.1) is 0 Å². The number of hydrogen-bond acceptors (Lipinski definition) is 2. The molecule has 0 aliphatic rings. The van der Waals surface area contributed by atoms with Gasteiger partial charge in [0.1, 0.15) is 23.0 Å². The van der Waals surface area contributed by atoms with E-state index in [0.29, 0.717) is 4.90 Å². The number of aliphatic hydroxyl groups excluding tert-OH is 1. The molecule has 3 nitrogen and oxygen atoms in total. The lowest BCUT2D eigenvalue weighted by Crippen LogP contribution is -2.38. The standard InChI is InChI=1S/C11H10F5NO2/c12-6-3-7(13)10(8(14)4-6)11(19)17(1-2-18)5-9(15)16/h3-4,9,18H,1-2,5H2. The third kappa shape index (κ3) is 3.88. The van der Waals surface area contributed by atoms with Gasteiger partial charge in [0.15, 0.2) is 0 Å². The lowest BCUT2D eigenvalue weighted by molar-refractivity contribution is 0.0500. The highest BCUT2D eigenvalue weighted by atomic mass is 19.3. The van der Waals surface area contributed by atoms with Crippen LogP contribution in [0.2, 0.25) is 0 Å². The summed E-state index contributed by atoms with van der Waals surface area (Å²) in [7, 11) is 0. The molecule has 1 rings (SSSR count). The van der Waals surface area contributed by atoms with Crippen LogP contribution in [-0.4, -0.2) is 42.0 Å². The number of carbonyl (C=O) groups is 1. The molecule has 0 fully saturated rings. The molecule has 0 heterocycles. The summed E-state index contributed by atoms with van der Waals surface area (Å²) < 4.78 is 63.8. The number of carbonyl (C=O) groups excluding carboxylic acids is 1. The summed E-state index contributed by atoms with van der Waals surface area (Å²) in [6.45, 7) is -2.25. The third-order valence-corrected chi connectivity index (χ3v) is 2.24. The molecule has 106 valence electrons. The number of hydrogen-bond donors (Lipinski definition) is 1. The normalized spacial score (nSPS) is 10.9. The van der Waals surface area contributed by atoms with Crippen LogP contribution >= 0.6 is 0 Å². The van der Waals surface area contributed by atoms with Crippen molar-refractivity contribution in [1.29, 1.82) is 0 Å². The zero-order chi connectivity index (χ0) is 14.6. The van der Waals surface area contributed by atoms with E-state index in [1.54, 1.807) is 0 Å². The fraction of sp³-hybridized carbons (Fsp3) is 0.364. The van der Waals surface area contributed by atoms with Crippen molar-refractivity contribution in [3.05, 3.63) is 35.1 Å². The van der Waals surface area contributed by atoms with Gasteiger partial charge < -0.3 is 10.0 Å². The largest absolute Gasteiger partial charge is 0.395 e. The number of aliphatic hydroxyl groups is 1. The molecule has 0 aromatic heterocycles. The average molecular weight is 283 g/mol. The number of alkyl halides is 2. The van der Waals surface area contributed by atoms with E-state index in [9.17, 15) is 26.7 Å². The van der Waals surface area contributed by atoms with Crippen LogP contribution in [0.3, 0.4) is 0 Å². The van der Waals surface area contributed by atoms with Crippen LogP contribution in [0.15, 0.2) is 12.1 Å². The second-order valence-corrected chi connectivity index (χ2v) is 3.61. The molecule has 0 saturated carbocycles. The molecule has 0 saturated heterocycles. The SMILES string of the molecule is O=C(c1c(F)cc(F)cc1F)N(CCO)CC(F)F. The maximum atomic E-state index is 13.3. The van der Waals surface area contributed by atoms with Crippen LogP contribution in [0.25, 0.3) is 0 Å². The van der Waals surface area contributed by atoms with Crippen LogP contribution in [-0.2, 0) is 0 Å². The van der Waals surface area contributed by atoms with Crippen molar-refractivity contribution in [1.82, 2.24) is 4.90 Å². The lowest BCUT2D eigenvalue weighted by atomic mass is 10.1. The fourth-order valence-electron chi connectivity index (χ4n) is 1.47. The Hall–Kier alpha value is -1.70. The van der Waals surface area contributed by atoms with Crippen molar-refractivity contribution in [2.75, 3.05) is 19.7 Å². The van der Waals surface area contributed by atoms with Crippen LogP contribution in [0.1, 0.15) is 10.4 Å². The van der Waals surface area contributed by atoms with E-state index in [-0.39, 0.29) is 12.1 Å². The second kappa shape index (κ2) is 6.46. The van der Waals surface area contributed by atoms with E-state index < -0.39 is 55.0 Å². The zero-order valence-electron chi connectivity index (χ0n) is 9.55. The Labute approximate surface area is 105 Å². The number of benzene rings is 1. The van der Waals surface area contributed by atoms with Gasteiger partial charge in [-0.05, 0) is 0 Å². The van der Waals surface area contributed by atoms with Crippen LogP contribution in [0, 0.1) is 17.5 Å². The Bertz CT molecular complexity index is 443. The molecule has 19 heavy (non-hydrogen) atoms. The summed E-state index contributed by atoms with van der Waals surface area (Å²) >= 11 is 0. The van der Waals surface area contributed by atoms with Crippen LogP contribution in [0.4, 0.5) is 22.0 Å². The first kappa shape index (κ1) is 15.4.